The Morgan fingerprint density at radius 1 is 1.43 bits per heavy atom. The Hall–Kier alpha value is -1.46. The molecule has 0 heterocycles. The fraction of sp³-hybridized carbons (Fsp3) is 0.562. The molecule has 0 bridgehead atoms. The van der Waals surface area contributed by atoms with Gasteiger partial charge in [0.2, 0.25) is 5.91 Å². The van der Waals surface area contributed by atoms with Gasteiger partial charge in [-0.3, -0.25) is 4.79 Å². The molecule has 1 aromatic carbocycles. The van der Waals surface area contributed by atoms with Gasteiger partial charge in [0.05, 0.1) is 6.04 Å². The van der Waals surface area contributed by atoms with E-state index < -0.39 is 6.04 Å². The molecule has 0 spiro atoms. The van der Waals surface area contributed by atoms with E-state index in [1.807, 2.05) is 4.90 Å². The highest BCUT2D eigenvalue weighted by molar-refractivity contribution is 5.82. The Balaban J connectivity index is 1.94. The SMILES string of the molecule is COCCCC(N)C(=O)N(Cc1ccc(F)cc1)C1CC1. The lowest BCUT2D eigenvalue weighted by Gasteiger charge is -2.26. The van der Waals surface area contributed by atoms with Gasteiger partial charge in [-0.05, 0) is 43.4 Å². The molecule has 21 heavy (non-hydrogen) atoms. The van der Waals surface area contributed by atoms with Crippen molar-refractivity contribution in [2.45, 2.75) is 44.3 Å². The number of halogens is 1. The Labute approximate surface area is 125 Å². The zero-order chi connectivity index (χ0) is 15.2. The first-order valence-electron chi connectivity index (χ1n) is 7.41. The van der Waals surface area contributed by atoms with Gasteiger partial charge in [-0.25, -0.2) is 4.39 Å². The third-order valence-electron chi connectivity index (χ3n) is 3.72. The van der Waals surface area contributed by atoms with Crippen LogP contribution in [0.3, 0.4) is 0 Å². The molecule has 0 aromatic heterocycles. The first-order chi connectivity index (χ1) is 10.1. The van der Waals surface area contributed by atoms with Gasteiger partial charge < -0.3 is 15.4 Å². The fourth-order valence-corrected chi connectivity index (χ4v) is 2.34. The van der Waals surface area contributed by atoms with E-state index in [1.165, 1.54) is 12.1 Å². The van der Waals surface area contributed by atoms with E-state index in [0.717, 1.165) is 24.8 Å². The molecule has 0 aliphatic heterocycles. The molecule has 1 atom stereocenters. The number of rotatable bonds is 8. The lowest BCUT2D eigenvalue weighted by molar-refractivity contribution is -0.134. The summed E-state index contributed by atoms with van der Waals surface area (Å²) in [5.41, 5.74) is 6.93. The van der Waals surface area contributed by atoms with Crippen LogP contribution < -0.4 is 5.73 Å². The molecule has 1 unspecified atom stereocenters. The van der Waals surface area contributed by atoms with Crippen molar-refractivity contribution in [1.82, 2.24) is 4.90 Å². The Morgan fingerprint density at radius 2 is 2.10 bits per heavy atom. The summed E-state index contributed by atoms with van der Waals surface area (Å²) < 4.78 is 17.9. The lowest BCUT2D eigenvalue weighted by Crippen LogP contribution is -2.44. The van der Waals surface area contributed by atoms with Gasteiger partial charge in [-0.1, -0.05) is 12.1 Å². The summed E-state index contributed by atoms with van der Waals surface area (Å²) in [6.45, 7) is 1.12. The first-order valence-corrected chi connectivity index (χ1v) is 7.41. The summed E-state index contributed by atoms with van der Waals surface area (Å²) in [6.07, 6.45) is 3.45. The molecule has 116 valence electrons. The molecule has 1 amide bonds. The smallest absolute Gasteiger partial charge is 0.240 e. The van der Waals surface area contributed by atoms with Gasteiger partial charge in [-0.2, -0.15) is 0 Å². The predicted octanol–water partition coefficient (Wildman–Crippen LogP) is 2.07. The highest BCUT2D eigenvalue weighted by atomic mass is 19.1. The molecular formula is C16H23FN2O2. The van der Waals surface area contributed by atoms with Crippen LogP contribution in [0.2, 0.25) is 0 Å². The maximum atomic E-state index is 12.9. The van der Waals surface area contributed by atoms with Crippen LogP contribution in [0.4, 0.5) is 4.39 Å². The molecule has 1 saturated carbocycles. The minimum absolute atomic E-state index is 0.0158. The minimum atomic E-state index is -0.485. The van der Waals surface area contributed by atoms with E-state index in [1.54, 1.807) is 19.2 Å². The van der Waals surface area contributed by atoms with Crippen molar-refractivity contribution in [2.75, 3.05) is 13.7 Å². The van der Waals surface area contributed by atoms with Gasteiger partial charge in [-0.15, -0.1) is 0 Å². The average molecular weight is 294 g/mol. The Bertz CT molecular complexity index is 460. The highest BCUT2D eigenvalue weighted by Crippen LogP contribution is 2.29. The molecular weight excluding hydrogens is 271 g/mol. The van der Waals surface area contributed by atoms with Crippen molar-refractivity contribution >= 4 is 5.91 Å². The fourth-order valence-electron chi connectivity index (χ4n) is 2.34. The number of nitrogens with zero attached hydrogens (tertiary/aromatic N) is 1. The zero-order valence-corrected chi connectivity index (χ0v) is 12.4. The van der Waals surface area contributed by atoms with E-state index in [2.05, 4.69) is 0 Å². The van der Waals surface area contributed by atoms with Crippen molar-refractivity contribution in [1.29, 1.82) is 0 Å². The number of methoxy groups -OCH3 is 1. The Morgan fingerprint density at radius 3 is 2.67 bits per heavy atom. The van der Waals surface area contributed by atoms with Crippen LogP contribution in [0.1, 0.15) is 31.2 Å². The molecule has 5 heteroatoms. The third-order valence-corrected chi connectivity index (χ3v) is 3.72. The van der Waals surface area contributed by atoms with Crippen LogP contribution in [0, 0.1) is 5.82 Å². The van der Waals surface area contributed by atoms with Crippen molar-refractivity contribution < 1.29 is 13.9 Å². The summed E-state index contributed by atoms with van der Waals surface area (Å²) in [5.74, 6) is -0.280. The minimum Gasteiger partial charge on any atom is -0.385 e. The molecule has 1 fully saturated rings. The summed E-state index contributed by atoms with van der Waals surface area (Å²) in [5, 5.41) is 0. The quantitative estimate of drug-likeness (QED) is 0.747. The largest absolute Gasteiger partial charge is 0.385 e. The lowest BCUT2D eigenvalue weighted by atomic mass is 10.1. The molecule has 2 N–H and O–H groups in total. The van der Waals surface area contributed by atoms with Gasteiger partial charge in [0.25, 0.3) is 0 Å². The molecule has 1 aromatic rings. The van der Waals surface area contributed by atoms with Crippen molar-refractivity contribution in [2.24, 2.45) is 5.73 Å². The maximum absolute atomic E-state index is 12.9. The number of carbonyl (C=O) groups excluding carboxylic acids is 1. The van der Waals surface area contributed by atoms with E-state index in [4.69, 9.17) is 10.5 Å². The summed E-state index contributed by atoms with van der Waals surface area (Å²) in [6, 6.07) is 6.08. The number of ether oxygens (including phenoxy) is 1. The van der Waals surface area contributed by atoms with Crippen LogP contribution >= 0.6 is 0 Å². The van der Waals surface area contributed by atoms with Crippen LogP contribution in [0.25, 0.3) is 0 Å². The number of hydrogen-bond donors (Lipinski definition) is 1. The van der Waals surface area contributed by atoms with Crippen LogP contribution in [-0.4, -0.2) is 36.6 Å². The average Bonchev–Trinajstić information content (AvgIpc) is 3.30. The van der Waals surface area contributed by atoms with Gasteiger partial charge in [0, 0.05) is 26.3 Å². The van der Waals surface area contributed by atoms with E-state index in [-0.39, 0.29) is 17.8 Å². The molecule has 1 aliphatic carbocycles. The number of hydrogen-bond acceptors (Lipinski definition) is 3. The first kappa shape index (κ1) is 15.9. The number of amides is 1. The van der Waals surface area contributed by atoms with E-state index >= 15 is 0 Å². The predicted molar refractivity (Wildman–Crippen MR) is 79.1 cm³/mol. The second kappa shape index (κ2) is 7.52. The topological polar surface area (TPSA) is 55.6 Å². The summed E-state index contributed by atoms with van der Waals surface area (Å²) >= 11 is 0. The molecule has 0 radical (unpaired) electrons. The third kappa shape index (κ3) is 4.79. The summed E-state index contributed by atoms with van der Waals surface area (Å²) in [4.78, 5) is 14.3. The molecule has 0 saturated heterocycles. The number of benzene rings is 1. The Kier molecular flexibility index (Phi) is 5.70. The van der Waals surface area contributed by atoms with E-state index in [9.17, 15) is 9.18 Å². The maximum Gasteiger partial charge on any atom is 0.240 e. The second-order valence-electron chi connectivity index (χ2n) is 5.57. The second-order valence-corrected chi connectivity index (χ2v) is 5.57. The number of nitrogens with two attached hydrogens (primary N) is 1. The standard InChI is InChI=1S/C16H23FN2O2/c1-21-10-2-3-15(18)16(20)19(14-8-9-14)11-12-4-6-13(17)7-5-12/h4-7,14-15H,2-3,8-11,18H2,1H3. The molecule has 2 rings (SSSR count). The van der Waals surface area contributed by atoms with Gasteiger partial charge >= 0.3 is 0 Å². The van der Waals surface area contributed by atoms with Gasteiger partial charge in [0.1, 0.15) is 5.82 Å². The highest BCUT2D eigenvalue weighted by Gasteiger charge is 2.34. The molecule has 4 nitrogen and oxygen atoms in total. The van der Waals surface area contributed by atoms with Crippen LogP contribution in [0.5, 0.6) is 0 Å². The van der Waals surface area contributed by atoms with E-state index in [0.29, 0.717) is 19.6 Å². The van der Waals surface area contributed by atoms with Gasteiger partial charge in [0.15, 0.2) is 0 Å². The van der Waals surface area contributed by atoms with Crippen molar-refractivity contribution in [3.63, 3.8) is 0 Å². The summed E-state index contributed by atoms with van der Waals surface area (Å²) in [7, 11) is 1.64. The van der Waals surface area contributed by atoms with Crippen LogP contribution in [-0.2, 0) is 16.1 Å². The van der Waals surface area contributed by atoms with Crippen molar-refractivity contribution in [3.8, 4) is 0 Å². The normalized spacial score (nSPS) is 15.8. The van der Waals surface area contributed by atoms with Crippen LogP contribution in [0.15, 0.2) is 24.3 Å². The molecule has 1 aliphatic rings. The van der Waals surface area contributed by atoms with Crippen molar-refractivity contribution in [3.05, 3.63) is 35.6 Å². The number of carbonyl (C=O) groups is 1. The zero-order valence-electron chi connectivity index (χ0n) is 12.4. The monoisotopic (exact) mass is 294 g/mol.